The van der Waals surface area contributed by atoms with E-state index in [4.69, 9.17) is 0 Å². The lowest BCUT2D eigenvalue weighted by molar-refractivity contribution is 0.600. The minimum absolute atomic E-state index is 0.0478. The van der Waals surface area contributed by atoms with E-state index in [2.05, 4.69) is 19.9 Å². The highest BCUT2D eigenvalue weighted by Gasteiger charge is 2.16. The van der Waals surface area contributed by atoms with Crippen molar-refractivity contribution in [3.05, 3.63) is 35.2 Å². The van der Waals surface area contributed by atoms with Crippen LogP contribution in [0.4, 0.5) is 5.95 Å². The van der Waals surface area contributed by atoms with E-state index < -0.39 is 10.0 Å². The summed E-state index contributed by atoms with van der Waals surface area (Å²) in [6.45, 7) is 5.40. The van der Waals surface area contributed by atoms with Gasteiger partial charge in [0.2, 0.25) is 0 Å². The monoisotopic (exact) mass is 266 g/mol. The third kappa shape index (κ3) is 2.67. The number of sulfonamides is 1. The fourth-order valence-electron chi connectivity index (χ4n) is 1.66. The number of nitrogens with one attached hydrogen (secondary N) is 2. The van der Waals surface area contributed by atoms with Crippen LogP contribution in [0.3, 0.4) is 0 Å². The Hall–Kier alpha value is -1.89. The Labute approximate surface area is 106 Å². The van der Waals surface area contributed by atoms with Crippen LogP contribution in [0.2, 0.25) is 0 Å². The van der Waals surface area contributed by atoms with Crippen LogP contribution in [-0.4, -0.2) is 23.6 Å². The van der Waals surface area contributed by atoms with Crippen LogP contribution < -0.4 is 4.72 Å². The van der Waals surface area contributed by atoms with E-state index in [9.17, 15) is 8.42 Å². The number of aryl methyl sites for hydroxylation is 3. The SMILES string of the molecule is Cc1cc(C)cc(S(=O)(=O)Nc2n[nH]c(C)n2)c1. The maximum absolute atomic E-state index is 12.1. The van der Waals surface area contributed by atoms with Gasteiger partial charge in [0, 0.05) is 0 Å². The molecule has 2 rings (SSSR count). The second-order valence-electron chi connectivity index (χ2n) is 4.17. The summed E-state index contributed by atoms with van der Waals surface area (Å²) in [4.78, 5) is 4.12. The quantitative estimate of drug-likeness (QED) is 0.881. The molecule has 1 heterocycles. The Balaban J connectivity index is 2.36. The van der Waals surface area contributed by atoms with E-state index in [0.717, 1.165) is 11.1 Å². The highest BCUT2D eigenvalue weighted by atomic mass is 32.2. The van der Waals surface area contributed by atoms with Gasteiger partial charge in [-0.25, -0.2) is 13.1 Å². The predicted molar refractivity (Wildman–Crippen MR) is 67.8 cm³/mol. The molecule has 96 valence electrons. The largest absolute Gasteiger partial charge is 0.264 e. The number of hydrogen-bond acceptors (Lipinski definition) is 4. The summed E-state index contributed by atoms with van der Waals surface area (Å²) in [7, 11) is -3.64. The summed E-state index contributed by atoms with van der Waals surface area (Å²) < 4.78 is 26.5. The van der Waals surface area contributed by atoms with Gasteiger partial charge in [0.1, 0.15) is 5.82 Å². The maximum Gasteiger partial charge on any atom is 0.264 e. The number of hydrogen-bond donors (Lipinski definition) is 2. The molecule has 7 heteroatoms. The molecule has 0 saturated heterocycles. The fraction of sp³-hybridized carbons (Fsp3) is 0.273. The number of rotatable bonds is 3. The molecule has 0 aliphatic heterocycles. The van der Waals surface area contributed by atoms with Gasteiger partial charge in [-0.2, -0.15) is 4.98 Å². The van der Waals surface area contributed by atoms with Crippen molar-refractivity contribution in [2.45, 2.75) is 25.7 Å². The lowest BCUT2D eigenvalue weighted by Crippen LogP contribution is -2.14. The zero-order chi connectivity index (χ0) is 13.3. The number of aromatic amines is 1. The van der Waals surface area contributed by atoms with Gasteiger partial charge in [-0.15, -0.1) is 5.10 Å². The second kappa shape index (κ2) is 4.41. The van der Waals surface area contributed by atoms with Gasteiger partial charge in [0.15, 0.2) is 0 Å². The van der Waals surface area contributed by atoms with E-state index >= 15 is 0 Å². The van der Waals surface area contributed by atoms with Gasteiger partial charge in [0.25, 0.3) is 16.0 Å². The van der Waals surface area contributed by atoms with E-state index in [0.29, 0.717) is 5.82 Å². The summed E-state index contributed by atoms with van der Waals surface area (Å²) in [5, 5.41) is 6.32. The maximum atomic E-state index is 12.1. The molecule has 0 radical (unpaired) electrons. The van der Waals surface area contributed by atoms with Crippen molar-refractivity contribution in [1.29, 1.82) is 0 Å². The molecule has 0 aliphatic rings. The normalized spacial score (nSPS) is 11.5. The van der Waals surface area contributed by atoms with Crippen LogP contribution in [0.15, 0.2) is 23.1 Å². The molecule has 2 aromatic rings. The first-order valence-corrected chi connectivity index (χ1v) is 6.85. The van der Waals surface area contributed by atoms with Gasteiger partial charge >= 0.3 is 0 Å². The van der Waals surface area contributed by atoms with Gasteiger partial charge < -0.3 is 0 Å². The first-order chi connectivity index (χ1) is 8.37. The Kier molecular flexibility index (Phi) is 3.08. The Morgan fingerprint density at radius 2 is 1.72 bits per heavy atom. The number of aromatic nitrogens is 3. The molecule has 1 aromatic heterocycles. The number of nitrogens with zero attached hydrogens (tertiary/aromatic N) is 2. The molecule has 6 nitrogen and oxygen atoms in total. The summed E-state index contributed by atoms with van der Waals surface area (Å²) in [6.07, 6.45) is 0. The Morgan fingerprint density at radius 1 is 1.11 bits per heavy atom. The van der Waals surface area contributed by atoms with Crippen molar-refractivity contribution >= 4 is 16.0 Å². The van der Waals surface area contributed by atoms with Crippen molar-refractivity contribution in [1.82, 2.24) is 15.2 Å². The van der Waals surface area contributed by atoms with E-state index in [1.165, 1.54) is 0 Å². The summed E-state index contributed by atoms with van der Waals surface area (Å²) in [5.74, 6) is 0.597. The standard InChI is InChI=1S/C11H14N4O2S/c1-7-4-8(2)6-10(5-7)18(16,17)15-11-12-9(3)13-14-11/h4-6H,1-3H3,(H2,12,13,14,15). The summed E-state index contributed by atoms with van der Waals surface area (Å²) in [6, 6.07) is 5.12. The van der Waals surface area contributed by atoms with Crippen molar-refractivity contribution in [3.63, 3.8) is 0 Å². The van der Waals surface area contributed by atoms with Crippen molar-refractivity contribution in [2.75, 3.05) is 4.72 Å². The van der Waals surface area contributed by atoms with Crippen LogP contribution >= 0.6 is 0 Å². The van der Waals surface area contributed by atoms with Crippen LogP contribution in [0, 0.1) is 20.8 Å². The first kappa shape index (κ1) is 12.6. The summed E-state index contributed by atoms with van der Waals surface area (Å²) >= 11 is 0. The highest BCUT2D eigenvalue weighted by molar-refractivity contribution is 7.92. The minimum Gasteiger partial charge on any atom is -0.261 e. The second-order valence-corrected chi connectivity index (χ2v) is 5.86. The number of anilines is 1. The van der Waals surface area contributed by atoms with Crippen LogP contribution in [0.1, 0.15) is 17.0 Å². The van der Waals surface area contributed by atoms with Gasteiger partial charge in [-0.05, 0) is 44.0 Å². The molecule has 18 heavy (non-hydrogen) atoms. The van der Waals surface area contributed by atoms with E-state index in [1.54, 1.807) is 19.1 Å². The molecular formula is C11H14N4O2S. The van der Waals surface area contributed by atoms with Gasteiger partial charge in [-0.1, -0.05) is 6.07 Å². The molecule has 0 atom stereocenters. The zero-order valence-electron chi connectivity index (χ0n) is 10.4. The zero-order valence-corrected chi connectivity index (χ0v) is 11.2. The van der Waals surface area contributed by atoms with E-state index in [1.807, 2.05) is 19.9 Å². The van der Waals surface area contributed by atoms with Gasteiger partial charge in [-0.3, -0.25) is 5.10 Å². The number of benzene rings is 1. The topological polar surface area (TPSA) is 87.7 Å². The van der Waals surface area contributed by atoms with Crippen LogP contribution in [0.5, 0.6) is 0 Å². The lowest BCUT2D eigenvalue weighted by atomic mass is 10.2. The third-order valence-electron chi connectivity index (χ3n) is 2.33. The molecule has 2 N–H and O–H groups in total. The molecule has 0 bridgehead atoms. The molecule has 0 unspecified atom stereocenters. The van der Waals surface area contributed by atoms with Crippen LogP contribution in [0.25, 0.3) is 0 Å². The summed E-state index contributed by atoms with van der Waals surface area (Å²) in [5.41, 5.74) is 1.78. The number of H-pyrrole nitrogens is 1. The highest BCUT2D eigenvalue weighted by Crippen LogP contribution is 2.16. The smallest absolute Gasteiger partial charge is 0.261 e. The van der Waals surface area contributed by atoms with E-state index in [-0.39, 0.29) is 10.8 Å². The van der Waals surface area contributed by atoms with Crippen molar-refractivity contribution in [2.24, 2.45) is 0 Å². The Morgan fingerprint density at radius 3 is 2.22 bits per heavy atom. The average molecular weight is 266 g/mol. The first-order valence-electron chi connectivity index (χ1n) is 5.37. The molecule has 0 aliphatic carbocycles. The molecule has 0 spiro atoms. The predicted octanol–water partition coefficient (Wildman–Crippen LogP) is 1.53. The molecule has 0 saturated carbocycles. The fourth-order valence-corrected chi connectivity index (χ4v) is 2.79. The average Bonchev–Trinajstić information content (AvgIpc) is 2.61. The molecule has 1 aromatic carbocycles. The minimum atomic E-state index is -3.64. The van der Waals surface area contributed by atoms with Crippen LogP contribution in [-0.2, 0) is 10.0 Å². The molecule has 0 fully saturated rings. The van der Waals surface area contributed by atoms with Crippen molar-refractivity contribution in [3.8, 4) is 0 Å². The molecule has 0 amide bonds. The third-order valence-corrected chi connectivity index (χ3v) is 3.64. The molecular weight excluding hydrogens is 252 g/mol. The lowest BCUT2D eigenvalue weighted by Gasteiger charge is -2.06. The van der Waals surface area contributed by atoms with Crippen molar-refractivity contribution < 1.29 is 8.42 Å². The van der Waals surface area contributed by atoms with Gasteiger partial charge in [0.05, 0.1) is 4.90 Å². The Bertz CT molecular complexity index is 656.